The van der Waals surface area contributed by atoms with E-state index in [0.717, 1.165) is 16.7 Å². The van der Waals surface area contributed by atoms with Crippen molar-refractivity contribution in [1.82, 2.24) is 9.47 Å². The smallest absolute Gasteiger partial charge is 0.248 e. The van der Waals surface area contributed by atoms with E-state index >= 15 is 0 Å². The van der Waals surface area contributed by atoms with Gasteiger partial charge in [-0.05, 0) is 45.3 Å². The molecule has 0 radical (unpaired) electrons. The molecule has 4 nitrogen and oxygen atoms in total. The van der Waals surface area contributed by atoms with Crippen LogP contribution in [0.4, 0.5) is 0 Å². The van der Waals surface area contributed by atoms with E-state index in [1.54, 1.807) is 11.7 Å². The average Bonchev–Trinajstić information content (AvgIpc) is 2.79. The Morgan fingerprint density at radius 2 is 2.06 bits per heavy atom. The van der Waals surface area contributed by atoms with Crippen LogP contribution in [0.3, 0.4) is 0 Å². The van der Waals surface area contributed by atoms with Gasteiger partial charge in [-0.3, -0.25) is 14.3 Å². The van der Waals surface area contributed by atoms with Crippen molar-refractivity contribution in [3.8, 4) is 5.75 Å². The minimum Gasteiger partial charge on any atom is -0.497 e. The summed E-state index contributed by atoms with van der Waals surface area (Å²) in [6.07, 6.45) is 1.81. The van der Waals surface area contributed by atoms with E-state index in [1.807, 2.05) is 56.4 Å². The van der Waals surface area contributed by atoms with Gasteiger partial charge in [0, 0.05) is 11.6 Å². The number of benzene rings is 1. The Morgan fingerprint density at radius 3 is 2.67 bits per heavy atom. The lowest BCUT2D eigenvalue weighted by atomic mass is 10.2. The number of carbonyl (C=O) groups is 1. The molecular weight excluding hydrogens is 228 g/mol. The van der Waals surface area contributed by atoms with Gasteiger partial charge >= 0.3 is 0 Å². The highest BCUT2D eigenvalue weighted by molar-refractivity contribution is 5.95. The summed E-state index contributed by atoms with van der Waals surface area (Å²) >= 11 is 0. The monoisotopic (exact) mass is 246 g/mol. The maximum Gasteiger partial charge on any atom is 0.248 e. The van der Waals surface area contributed by atoms with E-state index in [9.17, 15) is 4.79 Å². The summed E-state index contributed by atoms with van der Waals surface area (Å²) in [5, 5.41) is 1.01. The molecule has 0 aliphatic heterocycles. The number of nitrogens with zero attached hydrogens (tertiary/aromatic N) is 2. The van der Waals surface area contributed by atoms with Crippen molar-refractivity contribution < 1.29 is 9.53 Å². The van der Waals surface area contributed by atoms with Gasteiger partial charge in [0.05, 0.1) is 18.7 Å². The lowest BCUT2D eigenvalue weighted by Crippen LogP contribution is -2.36. The molecule has 2 rings (SSSR count). The first-order valence-corrected chi connectivity index (χ1v) is 5.90. The van der Waals surface area contributed by atoms with Crippen molar-refractivity contribution in [3.63, 3.8) is 0 Å². The lowest BCUT2D eigenvalue weighted by Gasteiger charge is -2.19. The van der Waals surface area contributed by atoms with Gasteiger partial charge in [0.25, 0.3) is 0 Å². The van der Waals surface area contributed by atoms with Crippen LogP contribution in [0.2, 0.25) is 0 Å². The maximum atomic E-state index is 12.3. The Balaban J connectivity index is 2.43. The van der Waals surface area contributed by atoms with Crippen LogP contribution in [0.5, 0.6) is 5.75 Å². The van der Waals surface area contributed by atoms with Crippen LogP contribution in [0.1, 0.15) is 11.7 Å². The van der Waals surface area contributed by atoms with Crippen molar-refractivity contribution >= 4 is 16.8 Å². The molecule has 1 atom stereocenters. The number of methoxy groups -OCH3 is 1. The molecule has 0 spiro atoms. The zero-order chi connectivity index (χ0) is 13.3. The molecule has 2 aromatic rings. The van der Waals surface area contributed by atoms with Gasteiger partial charge in [-0.2, -0.15) is 0 Å². The molecule has 1 aromatic heterocycles. The molecule has 1 heterocycles. The SMILES string of the molecule is COc1ccc2c(ccn2C(=O)[C@@H](C)N(C)C)c1. The summed E-state index contributed by atoms with van der Waals surface area (Å²) in [6.45, 7) is 1.90. The van der Waals surface area contributed by atoms with Gasteiger partial charge in [0.15, 0.2) is 0 Å². The van der Waals surface area contributed by atoms with E-state index in [1.165, 1.54) is 0 Å². The van der Waals surface area contributed by atoms with E-state index < -0.39 is 0 Å². The van der Waals surface area contributed by atoms with Crippen molar-refractivity contribution in [2.45, 2.75) is 13.0 Å². The van der Waals surface area contributed by atoms with Crippen molar-refractivity contribution in [3.05, 3.63) is 30.5 Å². The highest BCUT2D eigenvalue weighted by atomic mass is 16.5. The Kier molecular flexibility index (Phi) is 3.39. The number of likely N-dealkylation sites (N-methyl/N-ethyl adjacent to an activating group) is 1. The van der Waals surface area contributed by atoms with Crippen LogP contribution < -0.4 is 4.74 Å². The molecule has 0 saturated heterocycles. The number of fused-ring (bicyclic) bond motifs is 1. The molecule has 4 heteroatoms. The first-order chi connectivity index (χ1) is 8.54. The number of hydrogen-bond donors (Lipinski definition) is 0. The van der Waals surface area contributed by atoms with Crippen molar-refractivity contribution in [2.75, 3.05) is 21.2 Å². The van der Waals surface area contributed by atoms with Gasteiger partial charge in [0.2, 0.25) is 5.91 Å². The Morgan fingerprint density at radius 1 is 1.33 bits per heavy atom. The summed E-state index contributed by atoms with van der Waals surface area (Å²) in [5.41, 5.74) is 0.912. The number of hydrogen-bond acceptors (Lipinski definition) is 3. The summed E-state index contributed by atoms with van der Waals surface area (Å²) in [6, 6.07) is 7.49. The predicted octanol–water partition coefficient (Wildman–Crippen LogP) is 2.24. The molecule has 1 aromatic carbocycles. The molecule has 0 N–H and O–H groups in total. The van der Waals surface area contributed by atoms with Gasteiger partial charge in [-0.1, -0.05) is 0 Å². The zero-order valence-corrected chi connectivity index (χ0v) is 11.2. The third-order valence-electron chi connectivity index (χ3n) is 3.27. The van der Waals surface area contributed by atoms with E-state index in [2.05, 4.69) is 0 Å². The second kappa shape index (κ2) is 4.82. The fourth-order valence-corrected chi connectivity index (χ4v) is 1.86. The van der Waals surface area contributed by atoms with Crippen molar-refractivity contribution in [1.29, 1.82) is 0 Å². The number of carbonyl (C=O) groups excluding carboxylic acids is 1. The van der Waals surface area contributed by atoms with Crippen LogP contribution >= 0.6 is 0 Å². The van der Waals surface area contributed by atoms with Gasteiger partial charge in [-0.25, -0.2) is 0 Å². The van der Waals surface area contributed by atoms with E-state index in [4.69, 9.17) is 4.74 Å². The molecule has 0 unspecified atom stereocenters. The molecule has 0 saturated carbocycles. The summed E-state index contributed by atoms with van der Waals surface area (Å²) in [5.74, 6) is 0.869. The second-order valence-corrected chi connectivity index (χ2v) is 4.59. The van der Waals surface area contributed by atoms with E-state index in [-0.39, 0.29) is 11.9 Å². The predicted molar refractivity (Wildman–Crippen MR) is 72.3 cm³/mol. The summed E-state index contributed by atoms with van der Waals surface area (Å²) in [7, 11) is 5.44. The van der Waals surface area contributed by atoms with E-state index in [0.29, 0.717) is 0 Å². The fraction of sp³-hybridized carbons (Fsp3) is 0.357. The average molecular weight is 246 g/mol. The van der Waals surface area contributed by atoms with Crippen LogP contribution in [-0.2, 0) is 0 Å². The molecular formula is C14H18N2O2. The molecule has 0 fully saturated rings. The molecule has 0 bridgehead atoms. The minimum absolute atomic E-state index is 0.0696. The molecule has 0 aliphatic rings. The minimum atomic E-state index is -0.150. The summed E-state index contributed by atoms with van der Waals surface area (Å²) < 4.78 is 6.87. The Labute approximate surface area is 107 Å². The standard InChI is InChI=1S/C14H18N2O2/c1-10(15(2)3)14(17)16-8-7-11-9-12(18-4)5-6-13(11)16/h5-10H,1-4H3/t10-/m1/s1. The van der Waals surface area contributed by atoms with Crippen LogP contribution in [-0.4, -0.2) is 42.6 Å². The highest BCUT2D eigenvalue weighted by Crippen LogP contribution is 2.22. The molecule has 0 aliphatic carbocycles. The summed E-state index contributed by atoms with van der Waals surface area (Å²) in [4.78, 5) is 14.2. The maximum absolute atomic E-state index is 12.3. The van der Waals surface area contributed by atoms with Crippen molar-refractivity contribution in [2.24, 2.45) is 0 Å². The third-order valence-corrected chi connectivity index (χ3v) is 3.27. The molecule has 18 heavy (non-hydrogen) atoms. The fourth-order valence-electron chi connectivity index (χ4n) is 1.86. The lowest BCUT2D eigenvalue weighted by molar-refractivity contribution is 0.0809. The van der Waals surface area contributed by atoms with Crippen LogP contribution in [0.15, 0.2) is 30.5 Å². The highest BCUT2D eigenvalue weighted by Gasteiger charge is 2.18. The number of ether oxygens (including phenoxy) is 1. The van der Waals surface area contributed by atoms with Gasteiger partial charge in [-0.15, -0.1) is 0 Å². The number of rotatable bonds is 3. The van der Waals surface area contributed by atoms with Gasteiger partial charge < -0.3 is 4.74 Å². The van der Waals surface area contributed by atoms with Gasteiger partial charge in [0.1, 0.15) is 5.75 Å². The normalized spacial score (nSPS) is 12.9. The largest absolute Gasteiger partial charge is 0.497 e. The topological polar surface area (TPSA) is 34.5 Å². The third kappa shape index (κ3) is 2.11. The Hall–Kier alpha value is -1.81. The number of aromatic nitrogens is 1. The zero-order valence-electron chi connectivity index (χ0n) is 11.2. The van der Waals surface area contributed by atoms with Crippen LogP contribution in [0, 0.1) is 0 Å². The van der Waals surface area contributed by atoms with Crippen LogP contribution in [0.25, 0.3) is 10.9 Å². The molecule has 0 amide bonds. The molecule has 96 valence electrons. The quantitative estimate of drug-likeness (QED) is 0.833. The Bertz CT molecular complexity index is 572. The first kappa shape index (κ1) is 12.6. The first-order valence-electron chi connectivity index (χ1n) is 5.90. The second-order valence-electron chi connectivity index (χ2n) is 4.59.